The molecule has 0 aliphatic rings. The molecule has 0 saturated carbocycles. The Kier molecular flexibility index (Phi) is 4.44. The van der Waals surface area contributed by atoms with E-state index in [1.54, 1.807) is 0 Å². The van der Waals surface area contributed by atoms with E-state index in [0.29, 0.717) is 0 Å². The van der Waals surface area contributed by atoms with Gasteiger partial charge in [0.05, 0.1) is 0 Å². The van der Waals surface area contributed by atoms with Crippen molar-refractivity contribution in [2.75, 3.05) is 0 Å². The first-order chi connectivity index (χ1) is 8.58. The lowest BCUT2D eigenvalue weighted by Crippen LogP contribution is -2.13. The van der Waals surface area contributed by atoms with E-state index in [9.17, 15) is 0 Å². The van der Waals surface area contributed by atoms with Crippen LogP contribution in [0.5, 0.6) is 0 Å². The highest BCUT2D eigenvalue weighted by Gasteiger charge is 2.10. The molecule has 3 heteroatoms. The Labute approximate surface area is 121 Å². The van der Waals surface area contributed by atoms with Gasteiger partial charge in [0.1, 0.15) is 0 Å². The van der Waals surface area contributed by atoms with E-state index in [0.717, 1.165) is 27.0 Å². The lowest BCUT2D eigenvalue weighted by molar-refractivity contribution is 0.721. The Morgan fingerprint density at radius 1 is 1.22 bits per heavy atom. The molecule has 0 aliphatic carbocycles. The van der Waals surface area contributed by atoms with Gasteiger partial charge < -0.3 is 5.73 Å². The highest BCUT2D eigenvalue weighted by molar-refractivity contribution is 9.10. The molecule has 0 spiro atoms. The number of rotatable bonds is 3. The van der Waals surface area contributed by atoms with Crippen LogP contribution < -0.4 is 5.73 Å². The molecule has 0 heterocycles. The summed E-state index contributed by atoms with van der Waals surface area (Å²) in [4.78, 5) is 0. The van der Waals surface area contributed by atoms with Crippen molar-refractivity contribution in [2.45, 2.75) is 19.4 Å². The molecule has 1 nitrogen and oxygen atoms in total. The van der Waals surface area contributed by atoms with Crippen LogP contribution in [0.3, 0.4) is 0 Å². The molecule has 2 N–H and O–H groups in total. The van der Waals surface area contributed by atoms with E-state index in [1.165, 1.54) is 5.56 Å². The van der Waals surface area contributed by atoms with Crippen molar-refractivity contribution in [1.82, 2.24) is 0 Å². The summed E-state index contributed by atoms with van der Waals surface area (Å²) in [7, 11) is 0. The predicted molar refractivity (Wildman–Crippen MR) is 81.0 cm³/mol. The van der Waals surface area contributed by atoms with Crippen LogP contribution in [0.4, 0.5) is 0 Å². The Morgan fingerprint density at radius 3 is 2.61 bits per heavy atom. The Hall–Kier alpha value is -0.830. The summed E-state index contributed by atoms with van der Waals surface area (Å²) in [5, 5.41) is 0.779. The van der Waals surface area contributed by atoms with Gasteiger partial charge >= 0.3 is 0 Å². The van der Waals surface area contributed by atoms with Gasteiger partial charge in [-0.2, -0.15) is 0 Å². The third-order valence-corrected chi connectivity index (χ3v) is 4.27. The number of aryl methyl sites for hydroxylation is 1. The van der Waals surface area contributed by atoms with Crippen LogP contribution in [0, 0.1) is 6.92 Å². The third kappa shape index (κ3) is 3.14. The minimum absolute atomic E-state index is 0.0308. The van der Waals surface area contributed by atoms with Crippen LogP contribution >= 0.6 is 27.5 Å². The van der Waals surface area contributed by atoms with E-state index in [1.807, 2.05) is 30.3 Å². The number of halogens is 2. The molecule has 0 saturated heterocycles. The van der Waals surface area contributed by atoms with Crippen LogP contribution in [0.1, 0.15) is 22.7 Å². The van der Waals surface area contributed by atoms with Crippen LogP contribution in [0.25, 0.3) is 0 Å². The molecule has 0 bridgehead atoms. The molecule has 94 valence electrons. The van der Waals surface area contributed by atoms with E-state index in [-0.39, 0.29) is 6.04 Å². The van der Waals surface area contributed by atoms with E-state index in [4.69, 9.17) is 17.3 Å². The molecule has 1 atom stereocenters. The summed E-state index contributed by atoms with van der Waals surface area (Å²) >= 11 is 9.64. The highest BCUT2D eigenvalue weighted by Crippen LogP contribution is 2.24. The summed E-state index contributed by atoms with van der Waals surface area (Å²) in [6, 6.07) is 14.0. The van der Waals surface area contributed by atoms with Gasteiger partial charge in [-0.25, -0.2) is 0 Å². The topological polar surface area (TPSA) is 26.0 Å². The van der Waals surface area contributed by atoms with Gasteiger partial charge in [0.2, 0.25) is 0 Å². The quantitative estimate of drug-likeness (QED) is 0.873. The number of hydrogen-bond donors (Lipinski definition) is 1. The minimum atomic E-state index is -0.0308. The average Bonchev–Trinajstić information content (AvgIpc) is 2.35. The maximum Gasteiger partial charge on any atom is 0.0438 e. The molecule has 1 unspecified atom stereocenters. The second-order valence-electron chi connectivity index (χ2n) is 4.41. The third-order valence-electron chi connectivity index (χ3n) is 3.01. The molecule has 0 amide bonds. The van der Waals surface area contributed by atoms with Crippen molar-refractivity contribution < 1.29 is 0 Å². The number of benzene rings is 2. The summed E-state index contributed by atoms with van der Waals surface area (Å²) in [6.45, 7) is 2.07. The van der Waals surface area contributed by atoms with Crippen molar-refractivity contribution in [3.8, 4) is 0 Å². The normalized spacial score (nSPS) is 12.4. The van der Waals surface area contributed by atoms with Gasteiger partial charge in [0, 0.05) is 15.5 Å². The van der Waals surface area contributed by atoms with Gasteiger partial charge in [-0.05, 0) is 42.2 Å². The van der Waals surface area contributed by atoms with Gasteiger partial charge in [0.25, 0.3) is 0 Å². The maximum absolute atomic E-state index is 6.24. The van der Waals surface area contributed by atoms with Crippen LogP contribution in [-0.2, 0) is 6.42 Å². The summed E-state index contributed by atoms with van der Waals surface area (Å²) in [5.74, 6) is 0. The van der Waals surface area contributed by atoms with Crippen molar-refractivity contribution in [3.63, 3.8) is 0 Å². The molecule has 0 aromatic heterocycles. The first-order valence-electron chi connectivity index (χ1n) is 5.83. The Morgan fingerprint density at radius 2 is 1.94 bits per heavy atom. The molecule has 2 rings (SSSR count). The molecule has 0 radical (unpaired) electrons. The first kappa shape index (κ1) is 13.6. The van der Waals surface area contributed by atoms with E-state index in [2.05, 4.69) is 35.0 Å². The van der Waals surface area contributed by atoms with E-state index < -0.39 is 0 Å². The minimum Gasteiger partial charge on any atom is -0.324 e. The average molecular weight is 325 g/mol. The van der Waals surface area contributed by atoms with Gasteiger partial charge in [-0.15, -0.1) is 0 Å². The fourth-order valence-corrected chi connectivity index (χ4v) is 2.38. The van der Waals surface area contributed by atoms with Crippen molar-refractivity contribution >= 4 is 27.5 Å². The van der Waals surface area contributed by atoms with Crippen LogP contribution in [0.15, 0.2) is 46.9 Å². The molecule has 0 aliphatic heterocycles. The van der Waals surface area contributed by atoms with Crippen molar-refractivity contribution in [1.29, 1.82) is 0 Å². The number of hydrogen-bond acceptors (Lipinski definition) is 1. The smallest absolute Gasteiger partial charge is 0.0438 e. The lowest BCUT2D eigenvalue weighted by atomic mass is 9.98. The second-order valence-corrected chi connectivity index (χ2v) is 5.67. The van der Waals surface area contributed by atoms with Crippen LogP contribution in [0.2, 0.25) is 5.02 Å². The monoisotopic (exact) mass is 323 g/mol. The lowest BCUT2D eigenvalue weighted by Gasteiger charge is -2.14. The molecular weight excluding hydrogens is 310 g/mol. The summed E-state index contributed by atoms with van der Waals surface area (Å²) < 4.78 is 1.11. The fourth-order valence-electron chi connectivity index (χ4n) is 1.92. The number of nitrogens with two attached hydrogens (primary N) is 1. The largest absolute Gasteiger partial charge is 0.324 e. The Bertz CT molecular complexity index is 554. The zero-order chi connectivity index (χ0) is 13.1. The SMILES string of the molecule is Cc1cc(C(N)Cc2ccccc2Cl)ccc1Br. The standard InChI is InChI=1S/C15H15BrClN/c1-10-8-12(6-7-13(10)16)15(18)9-11-4-2-3-5-14(11)17/h2-8,15H,9,18H2,1H3. The van der Waals surface area contributed by atoms with Gasteiger partial charge in [-0.1, -0.05) is 57.9 Å². The molecule has 18 heavy (non-hydrogen) atoms. The zero-order valence-corrected chi connectivity index (χ0v) is 12.5. The zero-order valence-electron chi connectivity index (χ0n) is 10.2. The molecule has 2 aromatic rings. The predicted octanol–water partition coefficient (Wildman–Crippen LogP) is 4.65. The van der Waals surface area contributed by atoms with E-state index >= 15 is 0 Å². The molecular formula is C15H15BrClN. The highest BCUT2D eigenvalue weighted by atomic mass is 79.9. The molecule has 2 aromatic carbocycles. The van der Waals surface area contributed by atoms with Crippen molar-refractivity contribution in [2.24, 2.45) is 5.73 Å². The fraction of sp³-hybridized carbons (Fsp3) is 0.200. The van der Waals surface area contributed by atoms with Gasteiger partial charge in [-0.3, -0.25) is 0 Å². The van der Waals surface area contributed by atoms with Gasteiger partial charge in [0.15, 0.2) is 0 Å². The first-order valence-corrected chi connectivity index (χ1v) is 7.00. The summed E-state index contributed by atoms with van der Waals surface area (Å²) in [5.41, 5.74) is 9.66. The second kappa shape index (κ2) is 5.87. The van der Waals surface area contributed by atoms with Crippen LogP contribution in [-0.4, -0.2) is 0 Å². The molecule has 0 fully saturated rings. The van der Waals surface area contributed by atoms with Crippen molar-refractivity contribution in [3.05, 3.63) is 68.7 Å². The Balaban J connectivity index is 2.19. The maximum atomic E-state index is 6.24. The summed E-state index contributed by atoms with van der Waals surface area (Å²) in [6.07, 6.45) is 0.751.